The van der Waals surface area contributed by atoms with Gasteiger partial charge in [0.05, 0.1) is 12.0 Å². The summed E-state index contributed by atoms with van der Waals surface area (Å²) in [4.78, 5) is 20.0. The molecule has 8 heteroatoms. The molecule has 0 fully saturated rings. The molecule has 0 saturated heterocycles. The van der Waals surface area contributed by atoms with Crippen LogP contribution in [-0.2, 0) is 21.1 Å². The van der Waals surface area contributed by atoms with Gasteiger partial charge in [-0.05, 0) is 24.1 Å². The molecule has 0 aliphatic carbocycles. The van der Waals surface area contributed by atoms with E-state index in [0.717, 1.165) is 0 Å². The van der Waals surface area contributed by atoms with Gasteiger partial charge in [-0.2, -0.15) is 0 Å². The van der Waals surface area contributed by atoms with Crippen LogP contribution in [0.2, 0.25) is 0 Å². The molecular weight excluding hydrogens is 232 g/mol. The Balaban J connectivity index is 0. The van der Waals surface area contributed by atoms with E-state index < -0.39 is 18.7 Å². The summed E-state index contributed by atoms with van der Waals surface area (Å²) in [6.07, 6.45) is 0.338. The first-order chi connectivity index (χ1) is 6.28. The molecule has 0 rings (SSSR count). The maximum Gasteiger partial charge on any atom is 1.00 e. The average molecular weight is 247 g/mol. The molecule has 1 unspecified atom stereocenters. The summed E-state index contributed by atoms with van der Waals surface area (Å²) in [6, 6.07) is -0.967. The topological polar surface area (TPSA) is 81.6 Å². The number of carbonyl (C=O) groups excluding carboxylic acids is 1. The fourth-order valence-corrected chi connectivity index (χ4v) is 2.01. The fraction of sp³-hybridized carbons (Fsp3) is 0.857. The summed E-state index contributed by atoms with van der Waals surface area (Å²) in [5, 5.41) is 13.0. The zero-order valence-corrected chi connectivity index (χ0v) is 11.1. The number of rotatable bonds is 6. The maximum absolute atomic E-state index is 10.7. The van der Waals surface area contributed by atoms with Gasteiger partial charge < -0.3 is 19.3 Å². The van der Waals surface area contributed by atoms with Gasteiger partial charge in [-0.1, -0.05) is 13.8 Å². The molecule has 84 valence electrons. The van der Waals surface area contributed by atoms with Crippen molar-refractivity contribution in [3.63, 3.8) is 0 Å². The van der Waals surface area contributed by atoms with Crippen LogP contribution in [0.5, 0.6) is 0 Å². The summed E-state index contributed by atoms with van der Waals surface area (Å²) in [5.41, 5.74) is 0. The van der Waals surface area contributed by atoms with Gasteiger partial charge in [-0.3, -0.25) is 0 Å². The van der Waals surface area contributed by atoms with Crippen molar-refractivity contribution in [1.82, 2.24) is 5.09 Å². The molecule has 0 aromatic heterocycles. The van der Waals surface area contributed by atoms with E-state index in [1.54, 1.807) is 0 Å². The molecule has 0 aromatic carbocycles. The minimum absolute atomic E-state index is 0. The van der Waals surface area contributed by atoms with Gasteiger partial charge in [0.15, 0.2) is 0 Å². The predicted octanol–water partition coefficient (Wildman–Crippen LogP) is -3.39. The van der Waals surface area contributed by atoms with E-state index >= 15 is 0 Å². The SMILES string of the molecule is COP(O)(=S)N[C@@H](CC(C)C)C(=O)[O-].[Li+]. The van der Waals surface area contributed by atoms with Crippen LogP contribution in [0, 0.1) is 5.92 Å². The summed E-state index contributed by atoms with van der Waals surface area (Å²) >= 11 is 4.64. The third kappa shape index (κ3) is 8.41. The number of carbonyl (C=O) groups is 1. The second-order valence-corrected chi connectivity index (χ2v) is 6.48. The first-order valence-electron chi connectivity index (χ1n) is 4.15. The Morgan fingerprint density at radius 3 is 2.40 bits per heavy atom. The van der Waals surface area contributed by atoms with Gasteiger partial charge in [0.2, 0.25) is 0 Å². The standard InChI is InChI=1S/C7H16NO4PS.Li/c1-5(2)4-6(7(9)10)8-13(11,14)12-3;/h5-6H,4H2,1-3H3,(H,9,10)(H2,8,11,14);/q;+1/p-1/t6-,13?;/m0./s1. The van der Waals surface area contributed by atoms with Crippen LogP contribution in [0.4, 0.5) is 0 Å². The zero-order valence-electron chi connectivity index (χ0n) is 9.39. The number of hydrogen-bond acceptors (Lipinski definition) is 4. The second-order valence-electron chi connectivity index (χ2n) is 3.33. The molecule has 0 aromatic rings. The summed E-state index contributed by atoms with van der Waals surface area (Å²) in [6.45, 7) is 0.556. The van der Waals surface area contributed by atoms with Crippen molar-refractivity contribution in [1.29, 1.82) is 0 Å². The van der Waals surface area contributed by atoms with Crippen LogP contribution in [0.1, 0.15) is 20.3 Å². The van der Waals surface area contributed by atoms with Crippen molar-refractivity contribution in [2.45, 2.75) is 26.3 Å². The van der Waals surface area contributed by atoms with Crippen LogP contribution in [0.25, 0.3) is 0 Å². The van der Waals surface area contributed by atoms with Gasteiger partial charge in [-0.25, -0.2) is 5.09 Å². The molecule has 15 heavy (non-hydrogen) atoms. The van der Waals surface area contributed by atoms with E-state index in [-0.39, 0.29) is 24.8 Å². The Bertz CT molecular complexity index is 251. The Labute approximate surface area is 107 Å². The van der Waals surface area contributed by atoms with Gasteiger partial charge in [0.1, 0.15) is 0 Å². The number of carboxylic acids is 1. The molecule has 0 saturated carbocycles. The van der Waals surface area contributed by atoms with E-state index in [0.29, 0.717) is 6.42 Å². The van der Waals surface area contributed by atoms with Crippen LogP contribution in [-0.4, -0.2) is 24.0 Å². The molecule has 5 nitrogen and oxygen atoms in total. The van der Waals surface area contributed by atoms with Crippen molar-refractivity contribution in [2.75, 3.05) is 7.11 Å². The van der Waals surface area contributed by atoms with Crippen molar-refractivity contribution in [3.05, 3.63) is 0 Å². The third-order valence-corrected chi connectivity index (χ3v) is 3.45. The van der Waals surface area contributed by atoms with Gasteiger partial charge >= 0.3 is 18.9 Å². The molecule has 2 N–H and O–H groups in total. The molecule has 0 radical (unpaired) electrons. The van der Waals surface area contributed by atoms with E-state index in [1.807, 2.05) is 13.8 Å². The molecule has 0 bridgehead atoms. The van der Waals surface area contributed by atoms with Gasteiger partial charge in [-0.15, -0.1) is 0 Å². The molecule has 0 spiro atoms. The van der Waals surface area contributed by atoms with Crippen LogP contribution in [0.15, 0.2) is 0 Å². The first-order valence-corrected chi connectivity index (χ1v) is 6.83. The summed E-state index contributed by atoms with van der Waals surface area (Å²) in [5.74, 6) is -1.11. The summed E-state index contributed by atoms with van der Waals surface area (Å²) < 4.78 is 4.58. The normalized spacial score (nSPS) is 16.6. The number of hydrogen-bond donors (Lipinski definition) is 2. The monoisotopic (exact) mass is 247 g/mol. The van der Waals surface area contributed by atoms with E-state index in [4.69, 9.17) is 0 Å². The van der Waals surface area contributed by atoms with Crippen LogP contribution in [0.3, 0.4) is 0 Å². The average Bonchev–Trinajstić information content (AvgIpc) is 2.02. The first kappa shape index (κ1) is 18.0. The van der Waals surface area contributed by atoms with Crippen molar-refractivity contribution >= 4 is 24.4 Å². The van der Waals surface area contributed by atoms with Gasteiger partial charge in [0.25, 0.3) is 6.64 Å². The van der Waals surface area contributed by atoms with Crippen LogP contribution < -0.4 is 29.1 Å². The number of nitrogens with one attached hydrogen (secondary N) is 1. The quantitative estimate of drug-likeness (QED) is 0.376. The molecule has 0 heterocycles. The minimum atomic E-state index is -3.18. The summed E-state index contributed by atoms with van der Waals surface area (Å²) in [7, 11) is 1.23. The smallest absolute Gasteiger partial charge is 0.548 e. The number of carboxylic acid groups (broad SMARTS) is 1. The van der Waals surface area contributed by atoms with Crippen LogP contribution >= 0.6 is 6.64 Å². The predicted molar refractivity (Wildman–Crippen MR) is 54.9 cm³/mol. The van der Waals surface area contributed by atoms with E-state index in [9.17, 15) is 14.8 Å². The van der Waals surface area contributed by atoms with Gasteiger partial charge in [0, 0.05) is 7.11 Å². The molecule has 0 aliphatic rings. The van der Waals surface area contributed by atoms with Crippen molar-refractivity contribution in [2.24, 2.45) is 5.92 Å². The molecule has 2 atom stereocenters. The third-order valence-electron chi connectivity index (χ3n) is 1.56. The Hall–Kier alpha value is 0.597. The Morgan fingerprint density at radius 1 is 1.67 bits per heavy atom. The Kier molecular flexibility index (Phi) is 9.35. The van der Waals surface area contributed by atoms with E-state index in [2.05, 4.69) is 21.4 Å². The second kappa shape index (κ2) is 7.80. The zero-order chi connectivity index (χ0) is 11.4. The van der Waals surface area contributed by atoms with Crippen molar-refractivity contribution < 1.29 is 38.2 Å². The van der Waals surface area contributed by atoms with Crippen molar-refractivity contribution in [3.8, 4) is 0 Å². The Morgan fingerprint density at radius 2 is 2.13 bits per heavy atom. The molecule has 0 aliphatic heterocycles. The molecule has 0 amide bonds. The molecular formula is C7H15LiNO4PS. The minimum Gasteiger partial charge on any atom is -0.548 e. The largest absolute Gasteiger partial charge is 1.00 e. The fourth-order valence-electron chi connectivity index (χ4n) is 0.923. The maximum atomic E-state index is 10.7. The number of aliphatic carboxylic acids is 1. The van der Waals surface area contributed by atoms with E-state index in [1.165, 1.54) is 7.11 Å².